The smallest absolute Gasteiger partial charge is 0.312 e. The van der Waals surface area contributed by atoms with Gasteiger partial charge in [0.2, 0.25) is 0 Å². The number of hydrogen-bond donors (Lipinski definition) is 2. The second kappa shape index (κ2) is 9.89. The van der Waals surface area contributed by atoms with Crippen LogP contribution in [0.25, 0.3) is 0 Å². The van der Waals surface area contributed by atoms with E-state index in [4.69, 9.17) is 30.5 Å². The molecule has 0 aromatic rings. The zero-order valence-corrected chi connectivity index (χ0v) is 22.4. The summed E-state index contributed by atoms with van der Waals surface area (Å²) in [6.45, 7) is 11.8. The summed E-state index contributed by atoms with van der Waals surface area (Å²) in [6, 6.07) is 0. The van der Waals surface area contributed by atoms with Crippen molar-refractivity contribution >= 4 is 35.5 Å². The molecule has 1 aliphatic heterocycles. The maximum absolute atomic E-state index is 12.8. The van der Waals surface area contributed by atoms with Crippen LogP contribution in [0.5, 0.6) is 0 Å². The van der Waals surface area contributed by atoms with Crippen LogP contribution in [0.1, 0.15) is 41.5 Å². The Hall–Kier alpha value is -2.69. The lowest BCUT2D eigenvalue weighted by Gasteiger charge is -2.56. The first kappa shape index (κ1) is 28.9. The van der Waals surface area contributed by atoms with E-state index in [0.717, 1.165) is 13.8 Å². The number of aliphatic hydroxyl groups is 2. The Balaban J connectivity index is 2.42. The van der Waals surface area contributed by atoms with Gasteiger partial charge < -0.3 is 29.2 Å². The van der Waals surface area contributed by atoms with Gasteiger partial charge in [0.25, 0.3) is 0 Å². The summed E-state index contributed by atoms with van der Waals surface area (Å²) in [5.41, 5.74) is -5.44. The number of hydrogen-bond acceptors (Lipinski definition) is 10. The van der Waals surface area contributed by atoms with Crippen molar-refractivity contribution in [3.05, 3.63) is 36.5 Å². The molecule has 11 heteroatoms. The van der Waals surface area contributed by atoms with Crippen molar-refractivity contribution in [2.24, 2.45) is 17.3 Å². The van der Waals surface area contributed by atoms with E-state index in [-0.39, 0.29) is 5.57 Å². The highest BCUT2D eigenvalue weighted by atomic mass is 35.5. The minimum Gasteiger partial charge on any atom is -0.459 e. The molecular formula is C26H33ClO10. The number of esters is 4. The molecule has 0 bridgehead atoms. The van der Waals surface area contributed by atoms with E-state index in [0.29, 0.717) is 0 Å². The van der Waals surface area contributed by atoms with Crippen LogP contribution in [-0.2, 0) is 38.1 Å². The van der Waals surface area contributed by atoms with Crippen LogP contribution in [0.3, 0.4) is 0 Å². The van der Waals surface area contributed by atoms with Crippen molar-refractivity contribution in [2.45, 2.75) is 82.5 Å². The summed E-state index contributed by atoms with van der Waals surface area (Å²) in [7, 11) is 0. The normalized spacial score (nSPS) is 44.1. The molecule has 3 rings (SSSR count). The number of carbonyl (C=O) groups excluding carboxylic acids is 4. The van der Waals surface area contributed by atoms with Gasteiger partial charge in [-0.15, -0.1) is 11.6 Å². The van der Waals surface area contributed by atoms with Gasteiger partial charge in [0.15, 0.2) is 11.7 Å². The molecule has 0 spiro atoms. The first-order valence-corrected chi connectivity index (χ1v) is 12.3. The van der Waals surface area contributed by atoms with Crippen LogP contribution in [0, 0.1) is 17.3 Å². The maximum Gasteiger partial charge on any atom is 0.312 e. The van der Waals surface area contributed by atoms with E-state index in [2.05, 4.69) is 6.58 Å². The molecule has 0 amide bonds. The molecule has 37 heavy (non-hydrogen) atoms. The largest absolute Gasteiger partial charge is 0.459 e. The summed E-state index contributed by atoms with van der Waals surface area (Å²) in [5.74, 6) is -5.56. The van der Waals surface area contributed by atoms with Crippen LogP contribution in [0.4, 0.5) is 0 Å². The van der Waals surface area contributed by atoms with Crippen molar-refractivity contribution in [3.8, 4) is 0 Å². The lowest BCUT2D eigenvalue weighted by molar-refractivity contribution is -0.242. The highest BCUT2D eigenvalue weighted by molar-refractivity contribution is 6.23. The zero-order valence-electron chi connectivity index (χ0n) is 21.6. The monoisotopic (exact) mass is 540 g/mol. The standard InChI is InChI=1S/C26H33ClO10/c1-12-8-9-17(34-14(3)28)24(6)11-10-18(35-15(4)29)25(7,32)20(24)22(36-16(5)30)26(33)13(2)23(31)37-21(26)19(12)27/h8-11,13,17-22,32-33H,1H2,2-7H3/b9-8-/t13-,17-,18+,19-,20+,21-,22-,24+,25+,26-/m0/s1. The molecule has 10 atom stereocenters. The van der Waals surface area contributed by atoms with Crippen molar-refractivity contribution in [2.75, 3.05) is 0 Å². The van der Waals surface area contributed by atoms with Crippen LogP contribution in [0.2, 0.25) is 0 Å². The Morgan fingerprint density at radius 1 is 1.00 bits per heavy atom. The molecule has 0 aromatic carbocycles. The Morgan fingerprint density at radius 3 is 2.08 bits per heavy atom. The fraction of sp³-hybridized carbons (Fsp3) is 0.615. The molecule has 1 saturated heterocycles. The lowest BCUT2D eigenvalue weighted by Crippen LogP contribution is -2.70. The van der Waals surface area contributed by atoms with Gasteiger partial charge in [-0.25, -0.2) is 0 Å². The summed E-state index contributed by atoms with van der Waals surface area (Å²) in [6.07, 6.45) is 0.581. The van der Waals surface area contributed by atoms with Crippen molar-refractivity contribution < 1.29 is 48.3 Å². The molecule has 10 nitrogen and oxygen atoms in total. The van der Waals surface area contributed by atoms with E-state index < -0.39 is 82.1 Å². The molecule has 3 aliphatic rings. The predicted octanol–water partition coefficient (Wildman–Crippen LogP) is 1.75. The van der Waals surface area contributed by atoms with Gasteiger partial charge in [-0.3, -0.25) is 19.2 Å². The Bertz CT molecular complexity index is 1060. The SMILES string of the molecule is C=C1/C=C\[C@H](OC(C)=O)[C@@]2(C)C=C[C@@H](OC(C)=O)[C@@](C)(O)[C@@H]2[C@H](OC(C)=O)[C@]2(O)[C@@H](C)C(=O)O[C@H]2[C@H]1Cl. The number of fused-ring (bicyclic) bond motifs is 2. The fourth-order valence-corrected chi connectivity index (χ4v) is 6.08. The molecule has 1 heterocycles. The first-order chi connectivity index (χ1) is 17.0. The number of rotatable bonds is 3. The van der Waals surface area contributed by atoms with Gasteiger partial charge in [0.05, 0.1) is 11.3 Å². The number of alkyl halides is 1. The Morgan fingerprint density at radius 2 is 1.54 bits per heavy atom. The highest BCUT2D eigenvalue weighted by Crippen LogP contribution is 2.55. The molecule has 204 valence electrons. The molecule has 2 N–H and O–H groups in total. The molecule has 2 aliphatic carbocycles. The third-order valence-corrected chi connectivity index (χ3v) is 8.12. The molecule has 0 saturated carbocycles. The van der Waals surface area contributed by atoms with E-state index in [1.165, 1.54) is 39.0 Å². The predicted molar refractivity (Wildman–Crippen MR) is 130 cm³/mol. The number of halogens is 1. The van der Waals surface area contributed by atoms with Gasteiger partial charge in [-0.05, 0) is 31.6 Å². The second-order valence-electron chi connectivity index (χ2n) is 10.3. The first-order valence-electron chi connectivity index (χ1n) is 11.8. The minimum absolute atomic E-state index is 0.233. The Kier molecular flexibility index (Phi) is 7.71. The highest BCUT2D eigenvalue weighted by Gasteiger charge is 2.70. The minimum atomic E-state index is -2.27. The van der Waals surface area contributed by atoms with Crippen molar-refractivity contribution in [1.82, 2.24) is 0 Å². The molecule has 1 fully saturated rings. The topological polar surface area (TPSA) is 146 Å². The van der Waals surface area contributed by atoms with Crippen molar-refractivity contribution in [3.63, 3.8) is 0 Å². The number of ether oxygens (including phenoxy) is 4. The van der Waals surface area contributed by atoms with Gasteiger partial charge in [0.1, 0.15) is 23.9 Å². The lowest BCUT2D eigenvalue weighted by atomic mass is 9.55. The van der Waals surface area contributed by atoms with Gasteiger partial charge in [-0.1, -0.05) is 25.7 Å². The Labute approximate surface area is 220 Å². The number of carbonyl (C=O) groups is 4. The maximum atomic E-state index is 12.8. The quantitative estimate of drug-likeness (QED) is 0.235. The number of allylic oxidation sites excluding steroid dienone is 1. The summed E-state index contributed by atoms with van der Waals surface area (Å²) < 4.78 is 22.2. The van der Waals surface area contributed by atoms with Gasteiger partial charge in [0, 0.05) is 32.1 Å². The third-order valence-electron chi connectivity index (χ3n) is 7.61. The summed E-state index contributed by atoms with van der Waals surface area (Å²) in [4.78, 5) is 49.3. The van der Waals surface area contributed by atoms with E-state index in [1.807, 2.05) is 0 Å². The fourth-order valence-electron chi connectivity index (χ4n) is 5.76. The third kappa shape index (κ3) is 4.82. The molecular weight excluding hydrogens is 508 g/mol. The van der Waals surface area contributed by atoms with E-state index >= 15 is 0 Å². The van der Waals surface area contributed by atoms with E-state index in [9.17, 15) is 29.4 Å². The van der Waals surface area contributed by atoms with Gasteiger partial charge in [-0.2, -0.15) is 0 Å². The summed E-state index contributed by atoms with van der Waals surface area (Å²) >= 11 is 6.64. The molecule has 0 radical (unpaired) electrons. The van der Waals surface area contributed by atoms with Gasteiger partial charge >= 0.3 is 23.9 Å². The average Bonchev–Trinajstić information content (AvgIpc) is 3.00. The van der Waals surface area contributed by atoms with Crippen molar-refractivity contribution in [1.29, 1.82) is 0 Å². The molecule has 0 unspecified atom stereocenters. The zero-order chi connectivity index (χ0) is 28.1. The van der Waals surface area contributed by atoms with Crippen LogP contribution >= 0.6 is 11.6 Å². The average molecular weight is 541 g/mol. The second-order valence-corrected chi connectivity index (χ2v) is 10.8. The van der Waals surface area contributed by atoms with Crippen LogP contribution in [0.15, 0.2) is 36.5 Å². The van der Waals surface area contributed by atoms with E-state index in [1.54, 1.807) is 13.0 Å². The van der Waals surface area contributed by atoms with Crippen LogP contribution < -0.4 is 0 Å². The molecule has 0 aromatic heterocycles. The van der Waals surface area contributed by atoms with Crippen LogP contribution in [-0.4, -0.2) is 75.1 Å². The summed E-state index contributed by atoms with van der Waals surface area (Å²) in [5, 5.41) is 23.1.